The van der Waals surface area contributed by atoms with Crippen molar-refractivity contribution in [3.05, 3.63) is 158 Å². The largest absolute Gasteiger partial charge is 0.309 e. The number of hydrogen-bond donors (Lipinski definition) is 0. The van der Waals surface area contributed by atoms with E-state index < -0.39 is 8.07 Å². The van der Waals surface area contributed by atoms with E-state index in [9.17, 15) is 0 Å². The van der Waals surface area contributed by atoms with Crippen molar-refractivity contribution in [2.45, 2.75) is 19.6 Å². The lowest BCUT2D eigenvalue weighted by Gasteiger charge is -2.18. The fraction of sp³-hybridized carbons (Fsp3) is 0.0667. The van der Waals surface area contributed by atoms with Gasteiger partial charge in [-0.3, -0.25) is 0 Å². The second-order valence-corrected chi connectivity index (χ2v) is 19.4. The highest BCUT2D eigenvalue weighted by Gasteiger charge is 2.21. The van der Waals surface area contributed by atoms with Crippen LogP contribution < -0.4 is 5.19 Å². The van der Waals surface area contributed by atoms with E-state index in [0.717, 1.165) is 17.1 Å². The maximum Gasteiger partial charge on any atom is 0.0776 e. The van der Waals surface area contributed by atoms with Gasteiger partial charge < -0.3 is 13.7 Å². The van der Waals surface area contributed by atoms with E-state index in [1.807, 2.05) is 0 Å². The van der Waals surface area contributed by atoms with Crippen LogP contribution in [0.15, 0.2) is 158 Å². The van der Waals surface area contributed by atoms with E-state index in [-0.39, 0.29) is 0 Å². The molecule has 0 N–H and O–H groups in total. The van der Waals surface area contributed by atoms with Gasteiger partial charge in [0, 0.05) is 32.3 Å². The van der Waals surface area contributed by atoms with Gasteiger partial charge in [-0.1, -0.05) is 128 Å². The first-order valence-electron chi connectivity index (χ1n) is 17.1. The molecule has 0 aliphatic rings. The SMILES string of the molecule is C[Si](C)(C)c1ccc2c(c1)c1ccccc1n2-c1cc(-n2c3ccccc3c3ccccc32)cc(-n2c3ccccc3c3ccccc32)c1. The Morgan fingerprint density at radius 3 is 0.918 bits per heavy atom. The first-order chi connectivity index (χ1) is 24.0. The van der Waals surface area contributed by atoms with Crippen LogP contribution in [0.5, 0.6) is 0 Å². The highest BCUT2D eigenvalue weighted by Crippen LogP contribution is 2.39. The van der Waals surface area contributed by atoms with Crippen molar-refractivity contribution in [2.24, 2.45) is 0 Å². The molecule has 0 unspecified atom stereocenters. The zero-order valence-corrected chi connectivity index (χ0v) is 28.9. The molecule has 0 saturated heterocycles. The van der Waals surface area contributed by atoms with Crippen LogP contribution in [0.25, 0.3) is 82.5 Å². The molecule has 3 heterocycles. The minimum absolute atomic E-state index is 1.14. The molecule has 0 aliphatic heterocycles. The molecule has 10 aromatic rings. The van der Waals surface area contributed by atoms with Crippen LogP contribution in [0, 0.1) is 0 Å². The van der Waals surface area contributed by atoms with Crippen molar-refractivity contribution in [3.63, 3.8) is 0 Å². The normalized spacial score (nSPS) is 12.4. The van der Waals surface area contributed by atoms with Crippen molar-refractivity contribution in [2.75, 3.05) is 0 Å². The summed E-state index contributed by atoms with van der Waals surface area (Å²) in [6.07, 6.45) is 0. The second kappa shape index (κ2) is 10.3. The lowest BCUT2D eigenvalue weighted by atomic mass is 10.1. The van der Waals surface area contributed by atoms with Gasteiger partial charge in [0.05, 0.1) is 58.2 Å². The van der Waals surface area contributed by atoms with Gasteiger partial charge in [-0.05, 0) is 54.6 Å². The summed E-state index contributed by atoms with van der Waals surface area (Å²) in [7, 11) is -1.52. The summed E-state index contributed by atoms with van der Waals surface area (Å²) in [5.74, 6) is 0. The average Bonchev–Trinajstić information content (AvgIpc) is 3.77. The topological polar surface area (TPSA) is 14.8 Å². The fourth-order valence-electron chi connectivity index (χ4n) is 8.09. The van der Waals surface area contributed by atoms with Gasteiger partial charge in [0.1, 0.15) is 0 Å². The molecule has 0 atom stereocenters. The van der Waals surface area contributed by atoms with E-state index in [1.165, 1.54) is 70.6 Å². The van der Waals surface area contributed by atoms with Gasteiger partial charge in [0.25, 0.3) is 0 Å². The molecule has 0 spiro atoms. The van der Waals surface area contributed by atoms with Crippen LogP contribution in [0.3, 0.4) is 0 Å². The van der Waals surface area contributed by atoms with Crippen LogP contribution in [-0.2, 0) is 0 Å². The van der Waals surface area contributed by atoms with Gasteiger partial charge in [-0.15, -0.1) is 0 Å². The molecule has 4 heteroatoms. The van der Waals surface area contributed by atoms with Gasteiger partial charge in [0.2, 0.25) is 0 Å². The Morgan fingerprint density at radius 2 is 0.592 bits per heavy atom. The van der Waals surface area contributed by atoms with Crippen molar-refractivity contribution in [1.29, 1.82) is 0 Å². The fourth-order valence-corrected chi connectivity index (χ4v) is 9.25. The maximum atomic E-state index is 2.48. The molecular formula is C45H35N3Si. The summed E-state index contributed by atoms with van der Waals surface area (Å²) < 4.78 is 7.37. The maximum absolute atomic E-state index is 2.48. The van der Waals surface area contributed by atoms with Crippen LogP contribution >= 0.6 is 0 Å². The quantitative estimate of drug-likeness (QED) is 0.169. The van der Waals surface area contributed by atoms with Crippen molar-refractivity contribution >= 4 is 78.7 Å². The first-order valence-corrected chi connectivity index (χ1v) is 20.6. The first kappa shape index (κ1) is 28.2. The standard InChI is InChI=1S/C45H35N3Si/c1-49(2,3)33-24-25-45-39(29-33)38-18-8-13-23-44(38)48(45)32-27-30(46-40-19-9-4-14-34(40)35-15-5-10-20-41(35)46)26-31(28-32)47-42-21-11-6-16-36(42)37-17-7-12-22-43(37)47/h4-29H,1-3H3. The zero-order valence-electron chi connectivity index (χ0n) is 27.9. The molecule has 0 fully saturated rings. The lowest BCUT2D eigenvalue weighted by molar-refractivity contribution is 1.10. The Morgan fingerprint density at radius 1 is 0.306 bits per heavy atom. The molecule has 0 bridgehead atoms. The van der Waals surface area contributed by atoms with E-state index in [4.69, 9.17) is 0 Å². The molecular weight excluding hydrogens is 611 g/mol. The Hall–Kier alpha value is -5.84. The third-order valence-electron chi connectivity index (χ3n) is 10.4. The average molecular weight is 646 g/mol. The molecule has 3 aromatic heterocycles. The highest BCUT2D eigenvalue weighted by molar-refractivity contribution is 6.88. The van der Waals surface area contributed by atoms with Crippen LogP contribution in [0.1, 0.15) is 0 Å². The van der Waals surface area contributed by atoms with E-state index >= 15 is 0 Å². The Labute approximate surface area is 285 Å². The summed E-state index contributed by atoms with van der Waals surface area (Å²) in [5, 5.41) is 9.13. The number of rotatable bonds is 4. The number of para-hydroxylation sites is 5. The monoisotopic (exact) mass is 645 g/mol. The predicted octanol–water partition coefficient (Wildman–Crippen LogP) is 11.5. The van der Waals surface area contributed by atoms with Crippen LogP contribution in [-0.4, -0.2) is 21.8 Å². The van der Waals surface area contributed by atoms with E-state index in [2.05, 4.69) is 191 Å². The smallest absolute Gasteiger partial charge is 0.0776 e. The third-order valence-corrected chi connectivity index (χ3v) is 12.4. The van der Waals surface area contributed by atoms with Crippen LogP contribution in [0.2, 0.25) is 19.6 Å². The number of benzene rings is 7. The minimum Gasteiger partial charge on any atom is -0.309 e. The van der Waals surface area contributed by atoms with Gasteiger partial charge in [-0.2, -0.15) is 0 Å². The molecule has 0 saturated carbocycles. The van der Waals surface area contributed by atoms with Crippen molar-refractivity contribution < 1.29 is 0 Å². The number of fused-ring (bicyclic) bond motifs is 9. The Bertz CT molecular complexity index is 2690. The number of aromatic nitrogens is 3. The van der Waals surface area contributed by atoms with Gasteiger partial charge in [0.15, 0.2) is 0 Å². The van der Waals surface area contributed by atoms with Crippen molar-refractivity contribution in [3.8, 4) is 17.1 Å². The third kappa shape index (κ3) is 4.14. The predicted molar refractivity (Wildman–Crippen MR) is 212 cm³/mol. The molecule has 7 aromatic carbocycles. The summed E-state index contributed by atoms with van der Waals surface area (Å²) in [5.41, 5.74) is 10.7. The second-order valence-electron chi connectivity index (χ2n) is 14.3. The Balaban J connectivity index is 1.36. The number of nitrogens with zero attached hydrogens (tertiary/aromatic N) is 3. The summed E-state index contributed by atoms with van der Waals surface area (Å²) in [4.78, 5) is 0. The van der Waals surface area contributed by atoms with Gasteiger partial charge >= 0.3 is 0 Å². The summed E-state index contributed by atoms with van der Waals surface area (Å²) in [6.45, 7) is 7.29. The molecule has 0 amide bonds. The Kier molecular flexibility index (Phi) is 5.94. The molecule has 234 valence electrons. The molecule has 3 nitrogen and oxygen atoms in total. The van der Waals surface area contributed by atoms with Gasteiger partial charge in [-0.25, -0.2) is 0 Å². The molecule has 0 radical (unpaired) electrons. The van der Waals surface area contributed by atoms with Crippen LogP contribution in [0.4, 0.5) is 0 Å². The molecule has 0 aliphatic carbocycles. The number of hydrogen-bond acceptors (Lipinski definition) is 0. The summed E-state index contributed by atoms with van der Waals surface area (Å²) in [6, 6.07) is 58.4. The van der Waals surface area contributed by atoms with E-state index in [1.54, 1.807) is 0 Å². The highest BCUT2D eigenvalue weighted by atomic mass is 28.3. The van der Waals surface area contributed by atoms with Crippen molar-refractivity contribution in [1.82, 2.24) is 13.7 Å². The zero-order chi connectivity index (χ0) is 32.9. The molecule has 49 heavy (non-hydrogen) atoms. The summed E-state index contributed by atoms with van der Waals surface area (Å²) >= 11 is 0. The minimum atomic E-state index is -1.52. The molecule has 10 rings (SSSR count). The van der Waals surface area contributed by atoms with E-state index in [0.29, 0.717) is 0 Å². The lowest BCUT2D eigenvalue weighted by Crippen LogP contribution is -2.37.